The van der Waals surface area contributed by atoms with Gasteiger partial charge in [0.25, 0.3) is 0 Å². The molecule has 0 radical (unpaired) electrons. The van der Waals surface area contributed by atoms with Gasteiger partial charge in [0.15, 0.2) is 18.5 Å². The highest BCUT2D eigenvalue weighted by Crippen LogP contribution is 2.08. The van der Waals surface area contributed by atoms with Crippen LogP contribution in [0.4, 0.5) is 0 Å². The Bertz CT molecular complexity index is 272. The molecule has 1 unspecified atom stereocenters. The van der Waals surface area contributed by atoms with E-state index in [4.69, 9.17) is 4.74 Å². The summed E-state index contributed by atoms with van der Waals surface area (Å²) in [7, 11) is 0. The van der Waals surface area contributed by atoms with E-state index in [-0.39, 0.29) is 5.78 Å². The van der Waals surface area contributed by atoms with Gasteiger partial charge in [-0.2, -0.15) is 0 Å². The van der Waals surface area contributed by atoms with Gasteiger partial charge in [0, 0.05) is 13.3 Å². The molecule has 0 aromatic carbocycles. The number of carbonyl (C=O) groups excluding carboxylic acids is 3. The highest BCUT2D eigenvalue weighted by molar-refractivity contribution is 5.86. The molecule has 5 heteroatoms. The van der Waals surface area contributed by atoms with Crippen LogP contribution in [0, 0.1) is 0 Å². The van der Waals surface area contributed by atoms with Crippen LogP contribution in [-0.2, 0) is 23.9 Å². The van der Waals surface area contributed by atoms with Gasteiger partial charge in [0.1, 0.15) is 0 Å². The molecular weight excluding hydrogens is 224 g/mol. The summed E-state index contributed by atoms with van der Waals surface area (Å²) in [5, 5.41) is 0. The lowest BCUT2D eigenvalue weighted by atomic mass is 10.1. The van der Waals surface area contributed by atoms with Gasteiger partial charge in [-0.3, -0.25) is 9.59 Å². The second kappa shape index (κ2) is 8.73. The highest BCUT2D eigenvalue weighted by atomic mass is 16.6. The number of carbonyl (C=O) groups is 3. The first-order valence-corrected chi connectivity index (χ1v) is 5.86. The summed E-state index contributed by atoms with van der Waals surface area (Å²) in [5.74, 6) is -1.30. The van der Waals surface area contributed by atoms with Gasteiger partial charge >= 0.3 is 11.9 Å². The first-order chi connectivity index (χ1) is 8.01. The Morgan fingerprint density at radius 3 is 2.24 bits per heavy atom. The molecule has 0 aromatic heterocycles. The molecule has 0 aliphatic heterocycles. The van der Waals surface area contributed by atoms with Crippen LogP contribution < -0.4 is 0 Å². The van der Waals surface area contributed by atoms with Gasteiger partial charge in [-0.25, -0.2) is 4.79 Å². The van der Waals surface area contributed by atoms with Crippen molar-refractivity contribution in [2.75, 3.05) is 6.61 Å². The Kier molecular flexibility index (Phi) is 8.01. The fraction of sp³-hybridized carbons (Fsp3) is 0.750. The summed E-state index contributed by atoms with van der Waals surface area (Å²) in [6.45, 7) is 4.57. The average Bonchev–Trinajstić information content (AvgIpc) is 2.26. The maximum absolute atomic E-state index is 11.6. The molecule has 0 aliphatic rings. The van der Waals surface area contributed by atoms with E-state index in [0.29, 0.717) is 12.8 Å². The molecule has 0 saturated heterocycles. The highest BCUT2D eigenvalue weighted by Gasteiger charge is 2.21. The molecule has 0 amide bonds. The first-order valence-electron chi connectivity index (χ1n) is 5.86. The predicted octanol–water partition coefficient (Wildman–Crippen LogP) is 1.63. The number of hydrogen-bond donors (Lipinski definition) is 0. The van der Waals surface area contributed by atoms with Gasteiger partial charge in [-0.15, -0.1) is 0 Å². The predicted molar refractivity (Wildman–Crippen MR) is 61.3 cm³/mol. The van der Waals surface area contributed by atoms with E-state index in [1.807, 2.05) is 13.8 Å². The molecule has 0 aliphatic carbocycles. The second-order valence-corrected chi connectivity index (χ2v) is 3.76. The normalized spacial score (nSPS) is 11.7. The van der Waals surface area contributed by atoms with Crippen molar-refractivity contribution in [3.8, 4) is 0 Å². The number of hydrogen-bond acceptors (Lipinski definition) is 5. The minimum Gasteiger partial charge on any atom is -0.454 e. The van der Waals surface area contributed by atoms with E-state index >= 15 is 0 Å². The largest absolute Gasteiger partial charge is 0.454 e. The lowest BCUT2D eigenvalue weighted by molar-refractivity contribution is -0.164. The third-order valence-electron chi connectivity index (χ3n) is 2.07. The summed E-state index contributed by atoms with van der Waals surface area (Å²) in [6, 6.07) is 0. The van der Waals surface area contributed by atoms with E-state index in [9.17, 15) is 14.4 Å². The van der Waals surface area contributed by atoms with Gasteiger partial charge in [-0.05, 0) is 12.8 Å². The van der Waals surface area contributed by atoms with Crippen LogP contribution in [0.1, 0.15) is 46.5 Å². The molecule has 0 N–H and O–H groups in total. The van der Waals surface area contributed by atoms with Gasteiger partial charge in [-0.1, -0.05) is 20.3 Å². The molecule has 17 heavy (non-hydrogen) atoms. The van der Waals surface area contributed by atoms with Crippen molar-refractivity contribution in [1.82, 2.24) is 0 Å². The molecule has 1 atom stereocenters. The van der Waals surface area contributed by atoms with Crippen molar-refractivity contribution in [1.29, 1.82) is 0 Å². The van der Waals surface area contributed by atoms with Crippen LogP contribution in [0.3, 0.4) is 0 Å². The second-order valence-electron chi connectivity index (χ2n) is 3.76. The summed E-state index contributed by atoms with van der Waals surface area (Å²) in [6.07, 6.45) is 1.67. The van der Waals surface area contributed by atoms with Crippen LogP contribution in [0.25, 0.3) is 0 Å². The van der Waals surface area contributed by atoms with Crippen LogP contribution in [0.15, 0.2) is 0 Å². The van der Waals surface area contributed by atoms with E-state index in [1.54, 1.807) is 0 Å². The SMILES string of the molecule is CCCC(=O)C(CCC)OC(=O)COC(C)=O. The van der Waals surface area contributed by atoms with Crippen LogP contribution in [-0.4, -0.2) is 30.4 Å². The van der Waals surface area contributed by atoms with Gasteiger partial charge in [0.2, 0.25) is 0 Å². The Labute approximate surface area is 101 Å². The van der Waals surface area contributed by atoms with E-state index in [2.05, 4.69) is 4.74 Å². The van der Waals surface area contributed by atoms with Crippen molar-refractivity contribution >= 4 is 17.7 Å². The van der Waals surface area contributed by atoms with Crippen molar-refractivity contribution < 1.29 is 23.9 Å². The molecular formula is C12H20O5. The van der Waals surface area contributed by atoms with E-state index < -0.39 is 24.6 Å². The number of Topliss-reactive ketones (excluding diaryl/α,β-unsaturated/α-hetero) is 1. The quantitative estimate of drug-likeness (QED) is 0.607. The lowest BCUT2D eigenvalue weighted by Crippen LogP contribution is -2.29. The minimum atomic E-state index is -0.706. The number of esters is 2. The summed E-state index contributed by atoms with van der Waals surface area (Å²) >= 11 is 0. The van der Waals surface area contributed by atoms with Crippen molar-refractivity contribution in [2.24, 2.45) is 0 Å². The number of rotatable bonds is 8. The summed E-state index contributed by atoms with van der Waals surface area (Å²) in [4.78, 5) is 33.4. The standard InChI is InChI=1S/C12H20O5/c1-4-6-10(14)11(7-5-2)17-12(15)8-16-9(3)13/h11H,4-8H2,1-3H3. The third kappa shape index (κ3) is 7.49. The Balaban J connectivity index is 4.18. The van der Waals surface area contributed by atoms with Crippen LogP contribution in [0.2, 0.25) is 0 Å². The third-order valence-corrected chi connectivity index (χ3v) is 2.07. The van der Waals surface area contributed by atoms with Gasteiger partial charge < -0.3 is 9.47 Å². The smallest absolute Gasteiger partial charge is 0.344 e. The molecule has 0 aromatic rings. The maximum Gasteiger partial charge on any atom is 0.344 e. The van der Waals surface area contributed by atoms with Crippen molar-refractivity contribution in [3.63, 3.8) is 0 Å². The first kappa shape index (κ1) is 15.6. The fourth-order valence-corrected chi connectivity index (χ4v) is 1.31. The average molecular weight is 244 g/mol. The van der Waals surface area contributed by atoms with Crippen LogP contribution >= 0.6 is 0 Å². The van der Waals surface area contributed by atoms with E-state index in [0.717, 1.165) is 12.8 Å². The zero-order valence-electron chi connectivity index (χ0n) is 10.7. The maximum atomic E-state index is 11.6. The molecule has 0 spiro atoms. The molecule has 0 fully saturated rings. The molecule has 0 heterocycles. The zero-order valence-corrected chi connectivity index (χ0v) is 10.7. The van der Waals surface area contributed by atoms with Crippen molar-refractivity contribution in [3.05, 3.63) is 0 Å². The Morgan fingerprint density at radius 1 is 1.12 bits per heavy atom. The molecule has 98 valence electrons. The molecule has 0 bridgehead atoms. The van der Waals surface area contributed by atoms with Crippen LogP contribution in [0.5, 0.6) is 0 Å². The van der Waals surface area contributed by atoms with Crippen molar-refractivity contribution in [2.45, 2.75) is 52.6 Å². The number of ether oxygens (including phenoxy) is 2. The fourth-order valence-electron chi connectivity index (χ4n) is 1.31. The van der Waals surface area contributed by atoms with E-state index in [1.165, 1.54) is 6.92 Å². The van der Waals surface area contributed by atoms with Gasteiger partial charge in [0.05, 0.1) is 0 Å². The number of ketones is 1. The topological polar surface area (TPSA) is 69.7 Å². The lowest BCUT2D eigenvalue weighted by Gasteiger charge is -2.15. The Hall–Kier alpha value is -1.39. The summed E-state index contributed by atoms with van der Waals surface area (Å²) in [5.41, 5.74) is 0. The molecule has 5 nitrogen and oxygen atoms in total. The molecule has 0 saturated carbocycles. The monoisotopic (exact) mass is 244 g/mol. The summed E-state index contributed by atoms with van der Waals surface area (Å²) < 4.78 is 9.49. The Morgan fingerprint density at radius 2 is 1.76 bits per heavy atom. The molecule has 0 rings (SSSR count). The zero-order chi connectivity index (χ0) is 13.3. The minimum absolute atomic E-state index is 0.0782.